The van der Waals surface area contributed by atoms with Crippen LogP contribution >= 0.6 is 11.8 Å². The van der Waals surface area contributed by atoms with Gasteiger partial charge in [-0.15, -0.1) is 0 Å². The molecule has 2 aromatic heterocycles. The van der Waals surface area contributed by atoms with E-state index >= 15 is 0 Å². The lowest BCUT2D eigenvalue weighted by Gasteiger charge is -2.21. The molecule has 7 heteroatoms. The van der Waals surface area contributed by atoms with Gasteiger partial charge in [-0.3, -0.25) is 4.79 Å². The van der Waals surface area contributed by atoms with Crippen molar-refractivity contribution < 1.29 is 9.21 Å². The standard InChI is InChI=1S/C20H28N4O2S/c1-5-24(6-2)18-11-16(13(3)4)22-20(23-18)27-12-15-9-10-17(26-15)19(25)21-14-7-8-14/h9-11,13-14H,5-8,12H2,1-4H3,(H,21,25). The first-order valence-electron chi connectivity index (χ1n) is 9.66. The number of hydrogen-bond donors (Lipinski definition) is 1. The van der Waals surface area contributed by atoms with Crippen molar-refractivity contribution in [1.82, 2.24) is 15.3 Å². The van der Waals surface area contributed by atoms with Crippen molar-refractivity contribution in [2.24, 2.45) is 0 Å². The maximum absolute atomic E-state index is 12.0. The lowest BCUT2D eigenvalue weighted by Crippen LogP contribution is -2.24. The normalized spacial score (nSPS) is 13.8. The van der Waals surface area contributed by atoms with Crippen LogP contribution in [0.5, 0.6) is 0 Å². The predicted octanol–water partition coefficient (Wildman–Crippen LogP) is 4.22. The molecule has 27 heavy (non-hydrogen) atoms. The fourth-order valence-electron chi connectivity index (χ4n) is 2.70. The molecule has 146 valence electrons. The molecule has 1 aliphatic rings. The monoisotopic (exact) mass is 388 g/mol. The number of thioether (sulfide) groups is 1. The van der Waals surface area contributed by atoms with E-state index in [0.717, 1.165) is 48.4 Å². The first kappa shape index (κ1) is 19.7. The molecule has 1 aliphatic carbocycles. The number of carbonyl (C=O) groups is 1. The molecule has 0 saturated heterocycles. The Labute approximate surface area is 165 Å². The summed E-state index contributed by atoms with van der Waals surface area (Å²) in [5.74, 6) is 2.89. The molecule has 1 amide bonds. The van der Waals surface area contributed by atoms with Gasteiger partial charge >= 0.3 is 0 Å². The Kier molecular flexibility index (Phi) is 6.42. The Morgan fingerprint density at radius 2 is 2.04 bits per heavy atom. The van der Waals surface area contributed by atoms with Gasteiger partial charge in [-0.05, 0) is 44.7 Å². The van der Waals surface area contributed by atoms with Gasteiger partial charge < -0.3 is 14.6 Å². The second kappa shape index (κ2) is 8.78. The number of hydrogen-bond acceptors (Lipinski definition) is 6. The molecule has 2 aromatic rings. The first-order valence-corrected chi connectivity index (χ1v) is 10.6. The predicted molar refractivity (Wildman–Crippen MR) is 108 cm³/mol. The Morgan fingerprint density at radius 3 is 2.67 bits per heavy atom. The smallest absolute Gasteiger partial charge is 0.287 e. The van der Waals surface area contributed by atoms with E-state index in [-0.39, 0.29) is 5.91 Å². The van der Waals surface area contributed by atoms with Gasteiger partial charge in [0.05, 0.1) is 5.75 Å². The zero-order chi connectivity index (χ0) is 19.4. The van der Waals surface area contributed by atoms with Crippen molar-refractivity contribution in [2.75, 3.05) is 18.0 Å². The van der Waals surface area contributed by atoms with E-state index in [1.54, 1.807) is 6.07 Å². The Bertz CT molecular complexity index is 782. The summed E-state index contributed by atoms with van der Waals surface area (Å²) in [6.07, 6.45) is 2.13. The maximum atomic E-state index is 12.0. The average Bonchev–Trinajstić information content (AvgIpc) is 3.34. The maximum Gasteiger partial charge on any atom is 0.287 e. The fourth-order valence-corrected chi connectivity index (χ4v) is 3.45. The molecule has 3 rings (SSSR count). The quantitative estimate of drug-likeness (QED) is 0.512. The van der Waals surface area contributed by atoms with E-state index < -0.39 is 0 Å². The van der Waals surface area contributed by atoms with Gasteiger partial charge in [-0.2, -0.15) is 0 Å². The van der Waals surface area contributed by atoms with E-state index in [9.17, 15) is 4.79 Å². The van der Waals surface area contributed by atoms with Crippen LogP contribution in [0.25, 0.3) is 0 Å². The molecular formula is C20H28N4O2S. The van der Waals surface area contributed by atoms with E-state index in [0.29, 0.717) is 23.5 Å². The lowest BCUT2D eigenvalue weighted by atomic mass is 10.1. The second-order valence-corrected chi connectivity index (χ2v) is 8.01. The SMILES string of the molecule is CCN(CC)c1cc(C(C)C)nc(SCc2ccc(C(=O)NC3CC3)o2)n1. The third-order valence-electron chi connectivity index (χ3n) is 4.53. The van der Waals surface area contributed by atoms with Gasteiger partial charge in [0, 0.05) is 30.9 Å². The summed E-state index contributed by atoms with van der Waals surface area (Å²) < 4.78 is 5.69. The highest BCUT2D eigenvalue weighted by Crippen LogP contribution is 2.26. The van der Waals surface area contributed by atoms with Gasteiger partial charge in [0.1, 0.15) is 11.6 Å². The second-order valence-electron chi connectivity index (χ2n) is 7.06. The van der Waals surface area contributed by atoms with E-state index in [1.165, 1.54) is 11.8 Å². The van der Waals surface area contributed by atoms with Crippen LogP contribution < -0.4 is 10.2 Å². The van der Waals surface area contributed by atoms with Gasteiger partial charge in [0.2, 0.25) is 0 Å². The van der Waals surface area contributed by atoms with Crippen molar-refractivity contribution in [3.05, 3.63) is 35.4 Å². The molecule has 0 aromatic carbocycles. The summed E-state index contributed by atoms with van der Waals surface area (Å²) in [6.45, 7) is 10.4. The zero-order valence-corrected chi connectivity index (χ0v) is 17.3. The highest BCUT2D eigenvalue weighted by Gasteiger charge is 2.25. The van der Waals surface area contributed by atoms with Gasteiger partial charge in [-0.1, -0.05) is 25.6 Å². The molecule has 0 unspecified atom stereocenters. The van der Waals surface area contributed by atoms with Gasteiger partial charge in [-0.25, -0.2) is 9.97 Å². The highest BCUT2D eigenvalue weighted by molar-refractivity contribution is 7.98. The third-order valence-corrected chi connectivity index (χ3v) is 5.40. The Balaban J connectivity index is 1.69. The third kappa shape index (κ3) is 5.25. The minimum Gasteiger partial charge on any atom is -0.455 e. The van der Waals surface area contributed by atoms with E-state index in [1.807, 2.05) is 6.07 Å². The summed E-state index contributed by atoms with van der Waals surface area (Å²) in [7, 11) is 0. The summed E-state index contributed by atoms with van der Waals surface area (Å²) >= 11 is 1.53. The fraction of sp³-hybridized carbons (Fsp3) is 0.550. The number of aromatic nitrogens is 2. The van der Waals surface area contributed by atoms with Crippen molar-refractivity contribution in [1.29, 1.82) is 0 Å². The Morgan fingerprint density at radius 1 is 1.30 bits per heavy atom. The number of nitrogens with zero attached hydrogens (tertiary/aromatic N) is 3. The number of amides is 1. The number of furan rings is 1. The number of rotatable bonds is 9. The van der Waals surface area contributed by atoms with Crippen LogP contribution in [0.4, 0.5) is 5.82 Å². The summed E-state index contributed by atoms with van der Waals surface area (Å²) in [4.78, 5) is 23.7. The zero-order valence-electron chi connectivity index (χ0n) is 16.5. The van der Waals surface area contributed by atoms with Crippen LogP contribution in [-0.4, -0.2) is 35.0 Å². The topological polar surface area (TPSA) is 71.3 Å². The molecule has 0 atom stereocenters. The van der Waals surface area contributed by atoms with Crippen molar-refractivity contribution in [2.45, 2.75) is 63.4 Å². The molecule has 0 radical (unpaired) electrons. The summed E-state index contributed by atoms with van der Waals surface area (Å²) in [6, 6.07) is 5.99. The number of nitrogens with one attached hydrogen (secondary N) is 1. The summed E-state index contributed by atoms with van der Waals surface area (Å²) in [5, 5.41) is 3.68. The lowest BCUT2D eigenvalue weighted by molar-refractivity contribution is 0.0922. The van der Waals surface area contributed by atoms with E-state index in [2.05, 4.69) is 44.0 Å². The minimum atomic E-state index is -0.129. The first-order chi connectivity index (χ1) is 13.0. The Hall–Kier alpha value is -2.02. The molecule has 1 N–H and O–H groups in total. The molecule has 1 fully saturated rings. The van der Waals surface area contributed by atoms with Crippen molar-refractivity contribution in [3.63, 3.8) is 0 Å². The van der Waals surface area contributed by atoms with Crippen LogP contribution in [0.3, 0.4) is 0 Å². The highest BCUT2D eigenvalue weighted by atomic mass is 32.2. The molecule has 0 spiro atoms. The molecule has 0 bridgehead atoms. The van der Waals surface area contributed by atoms with Gasteiger partial charge in [0.25, 0.3) is 5.91 Å². The van der Waals surface area contributed by atoms with Crippen LogP contribution in [0.2, 0.25) is 0 Å². The molecular weight excluding hydrogens is 360 g/mol. The minimum absolute atomic E-state index is 0.129. The van der Waals surface area contributed by atoms with Crippen LogP contribution in [0.15, 0.2) is 27.8 Å². The molecule has 0 aliphatic heterocycles. The van der Waals surface area contributed by atoms with Crippen molar-refractivity contribution in [3.8, 4) is 0 Å². The van der Waals surface area contributed by atoms with Crippen LogP contribution in [0.1, 0.15) is 68.5 Å². The van der Waals surface area contributed by atoms with Gasteiger partial charge in [0.15, 0.2) is 10.9 Å². The number of carbonyl (C=O) groups excluding carboxylic acids is 1. The molecule has 1 saturated carbocycles. The van der Waals surface area contributed by atoms with E-state index in [4.69, 9.17) is 14.4 Å². The average molecular weight is 389 g/mol. The van der Waals surface area contributed by atoms with Crippen LogP contribution in [-0.2, 0) is 5.75 Å². The molecule has 2 heterocycles. The van der Waals surface area contributed by atoms with Crippen molar-refractivity contribution >= 4 is 23.5 Å². The summed E-state index contributed by atoms with van der Waals surface area (Å²) in [5.41, 5.74) is 1.04. The van der Waals surface area contributed by atoms with Crippen LogP contribution in [0, 0.1) is 0 Å². The molecule has 6 nitrogen and oxygen atoms in total. The number of anilines is 1. The largest absolute Gasteiger partial charge is 0.455 e.